The van der Waals surface area contributed by atoms with Gasteiger partial charge >= 0.3 is 0 Å². The molecule has 1 aliphatic heterocycles. The lowest BCUT2D eigenvalue weighted by Crippen LogP contribution is -2.44. The molecule has 0 bridgehead atoms. The molecule has 1 heterocycles. The van der Waals surface area contributed by atoms with Crippen LogP contribution >= 0.6 is 0 Å². The van der Waals surface area contributed by atoms with Crippen LogP contribution in [0.5, 0.6) is 0 Å². The van der Waals surface area contributed by atoms with E-state index >= 15 is 0 Å². The van der Waals surface area contributed by atoms with Gasteiger partial charge in [-0.15, -0.1) is 0 Å². The van der Waals surface area contributed by atoms with E-state index < -0.39 is 0 Å². The Hall–Kier alpha value is -0.120. The van der Waals surface area contributed by atoms with Crippen molar-refractivity contribution in [2.75, 3.05) is 53.9 Å². The Morgan fingerprint density at radius 2 is 1.71 bits per heavy atom. The van der Waals surface area contributed by atoms with Crippen molar-refractivity contribution in [1.82, 2.24) is 15.1 Å². The second-order valence-corrected chi connectivity index (χ2v) is 7.89. The predicted octanol–water partition coefficient (Wildman–Crippen LogP) is 2.82. The van der Waals surface area contributed by atoms with Crippen LogP contribution in [0, 0.1) is 11.3 Å². The minimum atomic E-state index is 0.533. The Bertz CT molecular complexity index is 276. The van der Waals surface area contributed by atoms with Crippen molar-refractivity contribution in [2.24, 2.45) is 11.3 Å². The summed E-state index contributed by atoms with van der Waals surface area (Å²) in [6.07, 6.45) is 11.4. The summed E-state index contributed by atoms with van der Waals surface area (Å²) in [7, 11) is 6.75. The molecule has 3 nitrogen and oxygen atoms in total. The molecule has 0 amide bonds. The normalized spacial score (nSPS) is 25.1. The van der Waals surface area contributed by atoms with Crippen molar-refractivity contribution >= 4 is 0 Å². The first-order valence-electron chi connectivity index (χ1n) is 9.15. The molecule has 2 rings (SSSR count). The van der Waals surface area contributed by atoms with E-state index in [0.717, 1.165) is 5.92 Å². The van der Waals surface area contributed by atoms with Gasteiger partial charge in [-0.2, -0.15) is 0 Å². The van der Waals surface area contributed by atoms with Gasteiger partial charge in [0.15, 0.2) is 0 Å². The zero-order chi connectivity index (χ0) is 15.1. The van der Waals surface area contributed by atoms with E-state index in [9.17, 15) is 0 Å². The van der Waals surface area contributed by atoms with E-state index in [0.29, 0.717) is 5.41 Å². The van der Waals surface area contributed by atoms with Gasteiger partial charge in [0.1, 0.15) is 0 Å². The van der Waals surface area contributed by atoms with Gasteiger partial charge in [0.05, 0.1) is 0 Å². The van der Waals surface area contributed by atoms with Crippen LogP contribution in [0.4, 0.5) is 0 Å². The van der Waals surface area contributed by atoms with Crippen molar-refractivity contribution < 1.29 is 0 Å². The van der Waals surface area contributed by atoms with Crippen LogP contribution in [0.2, 0.25) is 0 Å². The fraction of sp³-hybridized carbons (Fsp3) is 1.00. The quantitative estimate of drug-likeness (QED) is 0.760. The second kappa shape index (κ2) is 8.50. The highest BCUT2D eigenvalue weighted by atomic mass is 15.1. The summed E-state index contributed by atoms with van der Waals surface area (Å²) in [5.74, 6) is 0.920. The molecule has 3 heteroatoms. The highest BCUT2D eigenvalue weighted by molar-refractivity contribution is 4.86. The Morgan fingerprint density at radius 1 is 1.10 bits per heavy atom. The van der Waals surface area contributed by atoms with Gasteiger partial charge in [0.25, 0.3) is 0 Å². The third-order valence-electron chi connectivity index (χ3n) is 5.73. The predicted molar refractivity (Wildman–Crippen MR) is 91.8 cm³/mol. The molecule has 2 aliphatic rings. The van der Waals surface area contributed by atoms with E-state index in [1.54, 1.807) is 0 Å². The molecule has 1 N–H and O–H groups in total. The second-order valence-electron chi connectivity index (χ2n) is 7.89. The van der Waals surface area contributed by atoms with Crippen LogP contribution in [0.3, 0.4) is 0 Å². The van der Waals surface area contributed by atoms with Gasteiger partial charge in [-0.3, -0.25) is 0 Å². The van der Waals surface area contributed by atoms with Gasteiger partial charge < -0.3 is 15.1 Å². The van der Waals surface area contributed by atoms with Crippen molar-refractivity contribution in [2.45, 2.75) is 51.4 Å². The third-order valence-corrected chi connectivity index (χ3v) is 5.73. The number of nitrogens with one attached hydrogen (secondary N) is 1. The zero-order valence-electron chi connectivity index (χ0n) is 14.7. The molecule has 0 aromatic heterocycles. The molecule has 0 atom stereocenters. The summed E-state index contributed by atoms with van der Waals surface area (Å²) in [5.41, 5.74) is 0.533. The lowest BCUT2D eigenvalue weighted by atomic mass is 9.79. The fourth-order valence-corrected chi connectivity index (χ4v) is 4.57. The van der Waals surface area contributed by atoms with Crippen molar-refractivity contribution in [1.29, 1.82) is 0 Å². The molecule has 0 aromatic carbocycles. The zero-order valence-corrected chi connectivity index (χ0v) is 14.7. The van der Waals surface area contributed by atoms with E-state index in [4.69, 9.17) is 0 Å². The molecular weight excluding hydrogens is 258 g/mol. The maximum absolute atomic E-state index is 3.49. The minimum absolute atomic E-state index is 0.533. The van der Waals surface area contributed by atoms with E-state index in [1.807, 2.05) is 0 Å². The smallest absolute Gasteiger partial charge is 0.00472 e. The Labute approximate surface area is 132 Å². The third kappa shape index (κ3) is 5.54. The molecule has 1 saturated carbocycles. The van der Waals surface area contributed by atoms with Crippen molar-refractivity contribution in [3.8, 4) is 0 Å². The average Bonchev–Trinajstić information content (AvgIpc) is 2.67. The summed E-state index contributed by atoms with van der Waals surface area (Å²) in [5, 5.41) is 3.49. The number of piperidine rings is 1. The Morgan fingerprint density at radius 3 is 2.29 bits per heavy atom. The average molecular weight is 296 g/mol. The Balaban J connectivity index is 1.83. The van der Waals surface area contributed by atoms with Crippen molar-refractivity contribution in [3.63, 3.8) is 0 Å². The molecule has 21 heavy (non-hydrogen) atoms. The van der Waals surface area contributed by atoms with Gasteiger partial charge in [0, 0.05) is 19.6 Å². The van der Waals surface area contributed by atoms with Crippen LogP contribution < -0.4 is 5.32 Å². The minimum Gasteiger partial charge on any atom is -0.319 e. The summed E-state index contributed by atoms with van der Waals surface area (Å²) in [6, 6.07) is 0. The van der Waals surface area contributed by atoms with E-state index in [2.05, 4.69) is 36.3 Å². The van der Waals surface area contributed by atoms with Gasteiger partial charge in [-0.1, -0.05) is 25.7 Å². The monoisotopic (exact) mass is 295 g/mol. The van der Waals surface area contributed by atoms with E-state index in [1.165, 1.54) is 84.1 Å². The SMILES string of the molecule is CNCC1(CN(C)CC2CCN(C)CC2)CCCCCC1. The number of hydrogen-bond acceptors (Lipinski definition) is 3. The van der Waals surface area contributed by atoms with Crippen LogP contribution in [0.1, 0.15) is 51.4 Å². The fourth-order valence-electron chi connectivity index (χ4n) is 4.57. The first-order chi connectivity index (χ1) is 10.1. The first-order valence-corrected chi connectivity index (χ1v) is 9.15. The topological polar surface area (TPSA) is 18.5 Å². The number of hydrogen-bond donors (Lipinski definition) is 1. The summed E-state index contributed by atoms with van der Waals surface area (Å²) >= 11 is 0. The van der Waals surface area contributed by atoms with Gasteiger partial charge in [0.2, 0.25) is 0 Å². The molecule has 1 aliphatic carbocycles. The standard InChI is InChI=1S/C18H37N3/c1-19-15-18(10-6-4-5-7-11-18)16-21(3)14-17-8-12-20(2)13-9-17/h17,19H,4-16H2,1-3H3. The maximum Gasteiger partial charge on any atom is 0.00472 e. The lowest BCUT2D eigenvalue weighted by Gasteiger charge is -2.39. The largest absolute Gasteiger partial charge is 0.319 e. The molecule has 124 valence electrons. The van der Waals surface area contributed by atoms with Crippen molar-refractivity contribution in [3.05, 3.63) is 0 Å². The summed E-state index contributed by atoms with van der Waals surface area (Å²) in [4.78, 5) is 5.13. The van der Waals surface area contributed by atoms with Crippen LogP contribution in [-0.4, -0.2) is 63.7 Å². The molecular formula is C18H37N3. The molecule has 1 saturated heterocycles. The molecule has 0 unspecified atom stereocenters. The number of likely N-dealkylation sites (tertiary alicyclic amines) is 1. The molecule has 0 spiro atoms. The van der Waals surface area contributed by atoms with Crippen LogP contribution in [0.15, 0.2) is 0 Å². The first kappa shape index (κ1) is 17.2. The molecule has 0 aromatic rings. The van der Waals surface area contributed by atoms with Gasteiger partial charge in [-0.25, -0.2) is 0 Å². The van der Waals surface area contributed by atoms with E-state index in [-0.39, 0.29) is 0 Å². The maximum atomic E-state index is 3.49. The van der Waals surface area contributed by atoms with Crippen LogP contribution in [0.25, 0.3) is 0 Å². The molecule has 0 radical (unpaired) electrons. The Kier molecular flexibility index (Phi) is 6.97. The number of rotatable bonds is 6. The van der Waals surface area contributed by atoms with Gasteiger partial charge in [-0.05, 0) is 71.2 Å². The summed E-state index contributed by atoms with van der Waals surface area (Å²) < 4.78 is 0. The highest BCUT2D eigenvalue weighted by Crippen LogP contribution is 2.35. The molecule has 2 fully saturated rings. The lowest BCUT2D eigenvalue weighted by molar-refractivity contribution is 0.116. The van der Waals surface area contributed by atoms with Crippen LogP contribution in [-0.2, 0) is 0 Å². The highest BCUT2D eigenvalue weighted by Gasteiger charge is 2.32. The number of nitrogens with zero attached hydrogens (tertiary/aromatic N) is 2. The summed E-state index contributed by atoms with van der Waals surface area (Å²) in [6.45, 7) is 6.38.